The van der Waals surface area contributed by atoms with Gasteiger partial charge in [0.05, 0.1) is 30.0 Å². The first-order valence-electron chi connectivity index (χ1n) is 17.4. The zero-order valence-electron chi connectivity index (χ0n) is 29.1. The molecule has 0 aromatic rings. The average molecular weight is 653 g/mol. The predicted molar refractivity (Wildman–Crippen MR) is 170 cm³/mol. The van der Waals surface area contributed by atoms with Crippen molar-refractivity contribution in [2.75, 3.05) is 6.61 Å². The molecule has 0 aromatic carbocycles. The summed E-state index contributed by atoms with van der Waals surface area (Å²) >= 11 is 0. The largest absolute Gasteiger partial charge is 0.394 e. The summed E-state index contributed by atoms with van der Waals surface area (Å²) in [6.07, 6.45) is -1.61. The van der Waals surface area contributed by atoms with Crippen molar-refractivity contribution in [1.29, 1.82) is 0 Å². The smallest absolute Gasteiger partial charge is 0.187 e. The number of ketones is 1. The normalized spacial score (nSPS) is 47.7. The first kappa shape index (κ1) is 36.3. The highest BCUT2D eigenvalue weighted by molar-refractivity contribution is 5.88. The maximum atomic E-state index is 14.5. The quantitative estimate of drug-likeness (QED) is 0.193. The number of fused-ring (bicyclic) bond motifs is 5. The molecule has 5 aliphatic rings. The second-order valence-electron chi connectivity index (χ2n) is 17.5. The third kappa shape index (κ3) is 5.37. The fourth-order valence-electron chi connectivity index (χ4n) is 10.9. The standard InChI is InChI=1S/C36H60O10/c1-31(2)19-9-11-23-33(5)15-13-22(34(33,6)17-25(39)36(23,8)20(19)10-12-24(31)38)35(7,44)16-14-26(32(3,4)43)46-30-29(42)28(41)27(40)21(18-37)45-30/h9,20-24,26-30,37-38,40-44H,10-18H2,1-8H3. The Kier molecular flexibility index (Phi) is 9.35. The molecule has 0 radical (unpaired) electrons. The summed E-state index contributed by atoms with van der Waals surface area (Å²) in [5.41, 5.74) is -2.96. The summed E-state index contributed by atoms with van der Waals surface area (Å²) in [6, 6.07) is 0. The van der Waals surface area contributed by atoms with Crippen LogP contribution in [0.2, 0.25) is 0 Å². The molecule has 3 saturated carbocycles. The van der Waals surface area contributed by atoms with E-state index in [4.69, 9.17) is 9.47 Å². The average Bonchev–Trinajstić information content (AvgIpc) is 3.23. The van der Waals surface area contributed by atoms with Gasteiger partial charge in [-0.1, -0.05) is 46.3 Å². The van der Waals surface area contributed by atoms with Gasteiger partial charge >= 0.3 is 0 Å². The zero-order valence-corrected chi connectivity index (χ0v) is 29.1. The molecule has 5 rings (SSSR count). The van der Waals surface area contributed by atoms with E-state index in [1.807, 2.05) is 6.92 Å². The van der Waals surface area contributed by atoms with Crippen LogP contribution in [0.4, 0.5) is 0 Å². The third-order valence-electron chi connectivity index (χ3n) is 14.2. The van der Waals surface area contributed by atoms with Crippen LogP contribution in [0.1, 0.15) is 107 Å². The Morgan fingerprint density at radius 3 is 2.22 bits per heavy atom. The molecule has 4 fully saturated rings. The lowest BCUT2D eigenvalue weighted by molar-refractivity contribution is -0.323. The molecule has 264 valence electrons. The van der Waals surface area contributed by atoms with Gasteiger partial charge in [-0.05, 0) is 94.3 Å². The minimum absolute atomic E-state index is 0.102. The first-order chi connectivity index (χ1) is 21.1. The molecule has 0 bridgehead atoms. The van der Waals surface area contributed by atoms with Crippen LogP contribution >= 0.6 is 0 Å². The molecule has 10 nitrogen and oxygen atoms in total. The minimum atomic E-state index is -1.61. The van der Waals surface area contributed by atoms with Gasteiger partial charge in [-0.2, -0.15) is 0 Å². The van der Waals surface area contributed by atoms with Crippen molar-refractivity contribution in [1.82, 2.24) is 0 Å². The number of hydrogen-bond acceptors (Lipinski definition) is 10. The van der Waals surface area contributed by atoms with Gasteiger partial charge in [-0.15, -0.1) is 0 Å². The van der Waals surface area contributed by atoms with E-state index in [2.05, 4.69) is 40.7 Å². The molecule has 7 N–H and O–H groups in total. The SMILES string of the molecule is CC(C)(O)C(CCC(C)(O)C1CCC2(C)C3CC=C4C(CCC(O)C4(C)C)C3(C)C(=O)CC12C)OC1OC(CO)C(O)C(O)C1O. The van der Waals surface area contributed by atoms with Crippen LogP contribution < -0.4 is 0 Å². The number of rotatable bonds is 8. The number of aliphatic hydroxyl groups is 7. The van der Waals surface area contributed by atoms with E-state index in [0.717, 1.165) is 25.7 Å². The molecule has 1 aliphatic heterocycles. The van der Waals surface area contributed by atoms with E-state index in [9.17, 15) is 40.5 Å². The van der Waals surface area contributed by atoms with Crippen molar-refractivity contribution in [3.8, 4) is 0 Å². The fourth-order valence-corrected chi connectivity index (χ4v) is 10.9. The van der Waals surface area contributed by atoms with Gasteiger partial charge in [0.2, 0.25) is 0 Å². The third-order valence-corrected chi connectivity index (χ3v) is 14.2. The number of hydrogen-bond donors (Lipinski definition) is 7. The maximum absolute atomic E-state index is 14.5. The molecule has 10 heteroatoms. The van der Waals surface area contributed by atoms with E-state index < -0.39 is 71.6 Å². The molecule has 1 heterocycles. The van der Waals surface area contributed by atoms with Crippen LogP contribution in [-0.2, 0) is 14.3 Å². The van der Waals surface area contributed by atoms with Crippen LogP contribution in [0, 0.1) is 39.4 Å². The Morgan fingerprint density at radius 1 is 0.957 bits per heavy atom. The summed E-state index contributed by atoms with van der Waals surface area (Å²) in [5.74, 6) is 0.280. The Labute approximate surface area is 274 Å². The van der Waals surface area contributed by atoms with Crippen molar-refractivity contribution < 1.29 is 50.0 Å². The summed E-state index contributed by atoms with van der Waals surface area (Å²) < 4.78 is 11.6. The van der Waals surface area contributed by atoms with Crippen molar-refractivity contribution in [3.05, 3.63) is 11.6 Å². The zero-order chi connectivity index (χ0) is 34.4. The molecular weight excluding hydrogens is 592 g/mol. The molecule has 0 spiro atoms. The number of aliphatic hydroxyl groups excluding tert-OH is 5. The fraction of sp³-hybridized carbons (Fsp3) is 0.917. The van der Waals surface area contributed by atoms with E-state index in [1.54, 1.807) is 13.8 Å². The van der Waals surface area contributed by atoms with E-state index in [0.29, 0.717) is 12.8 Å². The van der Waals surface area contributed by atoms with Crippen molar-refractivity contribution in [2.45, 2.75) is 161 Å². The summed E-state index contributed by atoms with van der Waals surface area (Å²) in [4.78, 5) is 14.5. The van der Waals surface area contributed by atoms with Crippen molar-refractivity contribution in [3.63, 3.8) is 0 Å². The molecule has 0 amide bonds. The van der Waals surface area contributed by atoms with Gasteiger partial charge in [0.1, 0.15) is 30.2 Å². The number of Topliss-reactive ketones (excluding diaryl/α,β-unsaturated/α-hetero) is 1. The Bertz CT molecular complexity index is 1190. The van der Waals surface area contributed by atoms with Gasteiger partial charge < -0.3 is 45.2 Å². The number of carbonyl (C=O) groups excluding carboxylic acids is 1. The second kappa shape index (κ2) is 11.8. The minimum Gasteiger partial charge on any atom is -0.394 e. The highest BCUT2D eigenvalue weighted by Gasteiger charge is 2.71. The van der Waals surface area contributed by atoms with Crippen molar-refractivity contribution in [2.24, 2.45) is 39.4 Å². The van der Waals surface area contributed by atoms with Gasteiger partial charge in [-0.3, -0.25) is 4.79 Å². The lowest BCUT2D eigenvalue weighted by Gasteiger charge is -2.65. The van der Waals surface area contributed by atoms with E-state index in [-0.39, 0.29) is 47.2 Å². The number of allylic oxidation sites excluding steroid dienone is 1. The summed E-state index contributed by atoms with van der Waals surface area (Å²) in [5, 5.41) is 74.7. The van der Waals surface area contributed by atoms with Crippen LogP contribution in [0.5, 0.6) is 0 Å². The van der Waals surface area contributed by atoms with Crippen LogP contribution in [-0.4, -0.2) is 102 Å². The first-order valence-corrected chi connectivity index (χ1v) is 17.4. The summed E-state index contributed by atoms with van der Waals surface area (Å²) in [6.45, 7) is 15.2. The van der Waals surface area contributed by atoms with Crippen LogP contribution in [0.3, 0.4) is 0 Å². The molecule has 4 aliphatic carbocycles. The Hall–Kier alpha value is -0.950. The lowest BCUT2D eigenvalue weighted by Crippen LogP contribution is -2.64. The highest BCUT2D eigenvalue weighted by Crippen LogP contribution is 2.74. The molecule has 14 unspecified atom stereocenters. The topological polar surface area (TPSA) is 177 Å². The van der Waals surface area contributed by atoms with Crippen LogP contribution in [0.25, 0.3) is 0 Å². The van der Waals surface area contributed by atoms with Crippen LogP contribution in [0.15, 0.2) is 11.6 Å². The maximum Gasteiger partial charge on any atom is 0.187 e. The molecule has 14 atom stereocenters. The van der Waals surface area contributed by atoms with Gasteiger partial charge in [0.25, 0.3) is 0 Å². The lowest BCUT2D eigenvalue weighted by atomic mass is 9.38. The van der Waals surface area contributed by atoms with E-state index in [1.165, 1.54) is 5.57 Å². The molecular formula is C36H60O10. The van der Waals surface area contributed by atoms with E-state index >= 15 is 0 Å². The molecule has 0 aromatic heterocycles. The molecule has 1 saturated heterocycles. The van der Waals surface area contributed by atoms with Gasteiger partial charge in [0.15, 0.2) is 6.29 Å². The van der Waals surface area contributed by atoms with Crippen molar-refractivity contribution >= 4 is 5.78 Å². The Balaban J connectivity index is 1.37. The van der Waals surface area contributed by atoms with Gasteiger partial charge in [-0.25, -0.2) is 0 Å². The number of ether oxygens (including phenoxy) is 2. The second-order valence-corrected chi connectivity index (χ2v) is 17.5. The highest BCUT2D eigenvalue weighted by atomic mass is 16.7. The molecule has 46 heavy (non-hydrogen) atoms. The number of carbonyl (C=O) groups is 1. The predicted octanol–water partition coefficient (Wildman–Crippen LogP) is 2.62. The van der Waals surface area contributed by atoms with Gasteiger partial charge in [0, 0.05) is 17.3 Å². The monoisotopic (exact) mass is 652 g/mol. The Morgan fingerprint density at radius 2 is 1.61 bits per heavy atom. The summed E-state index contributed by atoms with van der Waals surface area (Å²) in [7, 11) is 0.